The third-order valence-corrected chi connectivity index (χ3v) is 2.27. The maximum Gasteiger partial charge on any atom is 0.189 e. The SMILES string of the molecule is CCCn1cc(C2CN=C(N)N2)cn1. The molecule has 1 aliphatic heterocycles. The predicted octanol–water partition coefficient (Wildman–Crippen LogP) is 0.252. The fourth-order valence-corrected chi connectivity index (χ4v) is 1.56. The Labute approximate surface area is 83.0 Å². The first-order valence-corrected chi connectivity index (χ1v) is 4.88. The molecule has 0 saturated heterocycles. The van der Waals surface area contributed by atoms with Gasteiger partial charge in [0.2, 0.25) is 0 Å². The molecule has 0 amide bonds. The molecule has 0 spiro atoms. The molecule has 0 radical (unpaired) electrons. The highest BCUT2D eigenvalue weighted by atomic mass is 15.3. The number of guanidine groups is 1. The number of aryl methyl sites for hydroxylation is 1. The molecule has 0 fully saturated rings. The normalized spacial score (nSPS) is 20.6. The van der Waals surface area contributed by atoms with Crippen molar-refractivity contribution in [3.05, 3.63) is 18.0 Å². The minimum absolute atomic E-state index is 0.209. The number of nitrogens with one attached hydrogen (secondary N) is 1. The monoisotopic (exact) mass is 193 g/mol. The van der Waals surface area contributed by atoms with Crippen LogP contribution in [0.1, 0.15) is 24.9 Å². The van der Waals surface area contributed by atoms with E-state index in [1.165, 1.54) is 0 Å². The topological polar surface area (TPSA) is 68.2 Å². The van der Waals surface area contributed by atoms with Gasteiger partial charge in [0.05, 0.1) is 18.8 Å². The van der Waals surface area contributed by atoms with Crippen molar-refractivity contribution in [2.45, 2.75) is 25.9 Å². The minimum atomic E-state index is 0.209. The highest BCUT2D eigenvalue weighted by Crippen LogP contribution is 2.15. The Bertz CT molecular complexity index is 341. The molecule has 5 nitrogen and oxygen atoms in total. The van der Waals surface area contributed by atoms with Gasteiger partial charge in [0.15, 0.2) is 5.96 Å². The number of nitrogens with two attached hydrogens (primary N) is 1. The smallest absolute Gasteiger partial charge is 0.189 e. The van der Waals surface area contributed by atoms with Gasteiger partial charge in [-0.2, -0.15) is 5.10 Å². The fourth-order valence-electron chi connectivity index (χ4n) is 1.56. The molecule has 2 rings (SSSR count). The van der Waals surface area contributed by atoms with E-state index in [1.54, 1.807) is 0 Å². The van der Waals surface area contributed by atoms with Gasteiger partial charge < -0.3 is 11.1 Å². The van der Waals surface area contributed by atoms with Gasteiger partial charge in [0, 0.05) is 18.3 Å². The van der Waals surface area contributed by atoms with Gasteiger partial charge in [-0.1, -0.05) is 6.92 Å². The fraction of sp³-hybridized carbons (Fsp3) is 0.556. The first-order chi connectivity index (χ1) is 6.79. The van der Waals surface area contributed by atoms with Gasteiger partial charge in [-0.25, -0.2) is 0 Å². The molecule has 1 atom stereocenters. The number of aliphatic imine (C=N–C) groups is 1. The zero-order valence-electron chi connectivity index (χ0n) is 8.27. The van der Waals surface area contributed by atoms with Crippen LogP contribution in [-0.2, 0) is 6.54 Å². The lowest BCUT2D eigenvalue weighted by molar-refractivity contribution is 0.600. The molecule has 3 N–H and O–H groups in total. The summed E-state index contributed by atoms with van der Waals surface area (Å²) in [6.45, 7) is 3.81. The van der Waals surface area contributed by atoms with Crippen molar-refractivity contribution in [3.8, 4) is 0 Å². The zero-order chi connectivity index (χ0) is 9.97. The highest BCUT2D eigenvalue weighted by Gasteiger charge is 2.18. The third-order valence-electron chi connectivity index (χ3n) is 2.27. The lowest BCUT2D eigenvalue weighted by atomic mass is 10.2. The summed E-state index contributed by atoms with van der Waals surface area (Å²) in [4.78, 5) is 4.10. The van der Waals surface area contributed by atoms with Crippen LogP contribution < -0.4 is 11.1 Å². The maximum absolute atomic E-state index is 5.54. The van der Waals surface area contributed by atoms with Crippen molar-refractivity contribution < 1.29 is 0 Å². The second-order valence-electron chi connectivity index (χ2n) is 3.46. The minimum Gasteiger partial charge on any atom is -0.370 e. The number of aromatic nitrogens is 2. The Morgan fingerprint density at radius 1 is 1.71 bits per heavy atom. The second kappa shape index (κ2) is 3.69. The number of nitrogens with zero attached hydrogens (tertiary/aromatic N) is 3. The van der Waals surface area contributed by atoms with Crippen LogP contribution in [0.15, 0.2) is 17.4 Å². The van der Waals surface area contributed by atoms with Crippen LogP contribution >= 0.6 is 0 Å². The van der Waals surface area contributed by atoms with Gasteiger partial charge in [-0.3, -0.25) is 9.67 Å². The summed E-state index contributed by atoms with van der Waals surface area (Å²) in [5, 5.41) is 7.36. The quantitative estimate of drug-likeness (QED) is 0.723. The zero-order valence-corrected chi connectivity index (χ0v) is 8.27. The van der Waals surface area contributed by atoms with Crippen molar-refractivity contribution in [1.82, 2.24) is 15.1 Å². The van der Waals surface area contributed by atoms with E-state index in [2.05, 4.69) is 28.5 Å². The largest absolute Gasteiger partial charge is 0.370 e. The standard InChI is InChI=1S/C9H15N5/c1-2-3-14-6-7(4-12-14)8-5-11-9(10)13-8/h4,6,8H,2-3,5H2,1H3,(H3,10,11,13). The van der Waals surface area contributed by atoms with Crippen molar-refractivity contribution in [3.63, 3.8) is 0 Å². The molecule has 1 aromatic heterocycles. The van der Waals surface area contributed by atoms with Crippen LogP contribution in [0.25, 0.3) is 0 Å². The van der Waals surface area contributed by atoms with Gasteiger partial charge >= 0.3 is 0 Å². The van der Waals surface area contributed by atoms with Gasteiger partial charge in [-0.05, 0) is 6.42 Å². The molecule has 0 saturated carbocycles. The average molecular weight is 193 g/mol. The van der Waals surface area contributed by atoms with E-state index in [0.717, 1.165) is 18.5 Å². The Kier molecular flexibility index (Phi) is 2.39. The van der Waals surface area contributed by atoms with Gasteiger partial charge in [0.1, 0.15) is 0 Å². The van der Waals surface area contributed by atoms with Gasteiger partial charge in [-0.15, -0.1) is 0 Å². The Hall–Kier alpha value is -1.52. The van der Waals surface area contributed by atoms with E-state index in [9.17, 15) is 0 Å². The molecule has 1 unspecified atom stereocenters. The van der Waals surface area contributed by atoms with Crippen molar-refractivity contribution in [2.24, 2.45) is 10.7 Å². The van der Waals surface area contributed by atoms with Crippen molar-refractivity contribution in [2.75, 3.05) is 6.54 Å². The van der Waals surface area contributed by atoms with Crippen LogP contribution in [0.4, 0.5) is 0 Å². The lowest BCUT2D eigenvalue weighted by Crippen LogP contribution is -2.29. The molecule has 14 heavy (non-hydrogen) atoms. The average Bonchev–Trinajstić information content (AvgIpc) is 2.74. The van der Waals surface area contributed by atoms with Crippen LogP contribution in [0, 0.1) is 0 Å². The molecule has 0 bridgehead atoms. The molecule has 2 heterocycles. The number of rotatable bonds is 3. The molecular weight excluding hydrogens is 178 g/mol. The summed E-state index contributed by atoms with van der Waals surface area (Å²) >= 11 is 0. The summed E-state index contributed by atoms with van der Waals surface area (Å²) < 4.78 is 1.95. The Morgan fingerprint density at radius 3 is 3.21 bits per heavy atom. The summed E-state index contributed by atoms with van der Waals surface area (Å²) in [6, 6.07) is 0.209. The molecule has 0 aliphatic carbocycles. The molecule has 5 heteroatoms. The van der Waals surface area contributed by atoms with E-state index in [1.807, 2.05) is 10.9 Å². The van der Waals surface area contributed by atoms with Gasteiger partial charge in [0.25, 0.3) is 0 Å². The molecule has 76 valence electrons. The lowest BCUT2D eigenvalue weighted by Gasteiger charge is -2.06. The van der Waals surface area contributed by atoms with Crippen molar-refractivity contribution >= 4 is 5.96 Å². The van der Waals surface area contributed by atoms with E-state index < -0.39 is 0 Å². The van der Waals surface area contributed by atoms with Crippen LogP contribution in [0.5, 0.6) is 0 Å². The first-order valence-electron chi connectivity index (χ1n) is 4.88. The summed E-state index contributed by atoms with van der Waals surface area (Å²) in [5.74, 6) is 0.526. The number of hydrogen-bond acceptors (Lipinski definition) is 4. The summed E-state index contributed by atoms with van der Waals surface area (Å²) in [5.41, 5.74) is 6.69. The summed E-state index contributed by atoms with van der Waals surface area (Å²) in [6.07, 6.45) is 5.02. The highest BCUT2D eigenvalue weighted by molar-refractivity contribution is 5.80. The Balaban J connectivity index is 2.03. The first kappa shape index (κ1) is 9.05. The van der Waals surface area contributed by atoms with Crippen LogP contribution in [0.3, 0.4) is 0 Å². The molecule has 1 aromatic rings. The second-order valence-corrected chi connectivity index (χ2v) is 3.46. The molecular formula is C9H15N5. The molecule has 0 aromatic carbocycles. The summed E-state index contributed by atoms with van der Waals surface area (Å²) in [7, 11) is 0. The predicted molar refractivity (Wildman–Crippen MR) is 54.9 cm³/mol. The van der Waals surface area contributed by atoms with Crippen molar-refractivity contribution in [1.29, 1.82) is 0 Å². The molecule has 1 aliphatic rings. The number of hydrogen-bond donors (Lipinski definition) is 2. The van der Waals surface area contributed by atoms with E-state index in [0.29, 0.717) is 12.5 Å². The van der Waals surface area contributed by atoms with E-state index in [-0.39, 0.29) is 6.04 Å². The maximum atomic E-state index is 5.54. The Morgan fingerprint density at radius 2 is 2.57 bits per heavy atom. The third kappa shape index (κ3) is 1.71. The van der Waals surface area contributed by atoms with E-state index >= 15 is 0 Å². The van der Waals surface area contributed by atoms with E-state index in [4.69, 9.17) is 5.73 Å². The van der Waals surface area contributed by atoms with Crippen LogP contribution in [-0.4, -0.2) is 22.3 Å². The van der Waals surface area contributed by atoms with Crippen LogP contribution in [0.2, 0.25) is 0 Å².